The highest BCUT2D eigenvalue weighted by molar-refractivity contribution is 7.92. The van der Waals surface area contributed by atoms with Gasteiger partial charge >= 0.3 is 0 Å². The van der Waals surface area contributed by atoms with E-state index < -0.39 is 33.2 Å². The van der Waals surface area contributed by atoms with Crippen LogP contribution in [-0.4, -0.2) is 28.7 Å². The third-order valence-electron chi connectivity index (χ3n) is 4.31. The third kappa shape index (κ3) is 4.04. The molecule has 0 atom stereocenters. The van der Waals surface area contributed by atoms with E-state index >= 15 is 0 Å². The summed E-state index contributed by atoms with van der Waals surface area (Å²) in [5.41, 5.74) is 0.269. The molecule has 29 heavy (non-hydrogen) atoms. The fraction of sp³-hybridized carbons (Fsp3) is 0.278. The van der Waals surface area contributed by atoms with Crippen LogP contribution in [-0.2, 0) is 17.1 Å². The summed E-state index contributed by atoms with van der Waals surface area (Å²) in [6, 6.07) is 3.08. The van der Waals surface area contributed by atoms with Gasteiger partial charge in [0.2, 0.25) is 10.0 Å². The smallest absolute Gasteiger partial charge is 0.261 e. The molecular formula is C18H19F2N5O3S. The molecule has 2 N–H and O–H groups in total. The van der Waals surface area contributed by atoms with Crippen molar-refractivity contribution in [3.8, 4) is 0 Å². The van der Waals surface area contributed by atoms with Crippen LogP contribution in [0.25, 0.3) is 10.9 Å². The molecule has 0 aliphatic heterocycles. The predicted molar refractivity (Wildman–Crippen MR) is 107 cm³/mol. The van der Waals surface area contributed by atoms with Crippen molar-refractivity contribution in [2.75, 3.05) is 15.8 Å². The van der Waals surface area contributed by atoms with Gasteiger partial charge in [0.05, 0.1) is 29.2 Å². The number of anilines is 3. The lowest BCUT2D eigenvalue weighted by Crippen LogP contribution is -2.19. The van der Waals surface area contributed by atoms with Crippen LogP contribution in [0, 0.1) is 18.6 Å². The lowest BCUT2D eigenvalue weighted by Gasteiger charge is -2.15. The first-order valence-electron chi connectivity index (χ1n) is 8.71. The van der Waals surface area contributed by atoms with Crippen LogP contribution in [0.5, 0.6) is 0 Å². The molecule has 0 saturated carbocycles. The zero-order valence-corrected chi connectivity index (χ0v) is 16.8. The van der Waals surface area contributed by atoms with Gasteiger partial charge in [-0.3, -0.25) is 9.52 Å². The topological polar surface area (TPSA) is 106 Å². The molecule has 1 aromatic carbocycles. The summed E-state index contributed by atoms with van der Waals surface area (Å²) in [7, 11) is -2.27. The molecule has 154 valence electrons. The number of aryl methyl sites for hydroxylation is 2. The van der Waals surface area contributed by atoms with Gasteiger partial charge in [0.1, 0.15) is 5.69 Å². The summed E-state index contributed by atoms with van der Waals surface area (Å²) in [5, 5.41) is 2.91. The number of benzene rings is 1. The van der Waals surface area contributed by atoms with Gasteiger partial charge in [-0.1, -0.05) is 6.92 Å². The number of halogens is 2. The lowest BCUT2D eigenvalue weighted by molar-refractivity contribution is 0.580. The highest BCUT2D eigenvalue weighted by Crippen LogP contribution is 2.30. The highest BCUT2D eigenvalue weighted by Gasteiger charge is 2.20. The Balaban J connectivity index is 2.07. The third-order valence-corrected chi connectivity index (χ3v) is 5.76. The molecule has 11 heteroatoms. The van der Waals surface area contributed by atoms with Crippen LogP contribution >= 0.6 is 0 Å². The Morgan fingerprint density at radius 3 is 2.62 bits per heavy atom. The maximum Gasteiger partial charge on any atom is 0.261 e. The van der Waals surface area contributed by atoms with Crippen molar-refractivity contribution in [3.05, 3.63) is 52.2 Å². The Hall–Kier alpha value is -3.08. The maximum atomic E-state index is 14.8. The summed E-state index contributed by atoms with van der Waals surface area (Å²) in [5.74, 6) is -3.05. The standard InChI is InChI=1S/C18H19F2N5O3S/c1-4-7-29(27,28)24-17-15(20)16(11(19)8-21-17)23-12-5-6-13-14(10(12)2)18(26)25(3)9-22-13/h5-6,8-9H,4,7H2,1-3H3,(H2,21,23,24). The molecule has 0 amide bonds. The fourth-order valence-corrected chi connectivity index (χ4v) is 3.92. The number of aromatic nitrogens is 3. The number of pyridine rings is 1. The second-order valence-corrected chi connectivity index (χ2v) is 8.32. The van der Waals surface area contributed by atoms with Crippen molar-refractivity contribution in [3.63, 3.8) is 0 Å². The SMILES string of the molecule is CCCS(=O)(=O)Nc1ncc(F)c(Nc2ccc3ncn(C)c(=O)c3c2C)c1F. The molecular weight excluding hydrogens is 404 g/mol. The number of sulfonamides is 1. The average Bonchev–Trinajstić information content (AvgIpc) is 2.65. The van der Waals surface area contributed by atoms with Crippen molar-refractivity contribution < 1.29 is 17.2 Å². The largest absolute Gasteiger partial charge is 0.350 e. The van der Waals surface area contributed by atoms with Crippen molar-refractivity contribution >= 4 is 38.1 Å². The van der Waals surface area contributed by atoms with E-state index in [0.29, 0.717) is 29.1 Å². The second kappa shape index (κ2) is 7.74. The zero-order chi connectivity index (χ0) is 21.3. The molecule has 0 fully saturated rings. The number of fused-ring (bicyclic) bond motifs is 1. The highest BCUT2D eigenvalue weighted by atomic mass is 32.2. The first kappa shape index (κ1) is 20.6. The van der Waals surface area contributed by atoms with Crippen LogP contribution in [0.2, 0.25) is 0 Å². The number of hydrogen-bond donors (Lipinski definition) is 2. The molecule has 0 saturated heterocycles. The van der Waals surface area contributed by atoms with E-state index in [2.05, 4.69) is 15.3 Å². The van der Waals surface area contributed by atoms with Crippen molar-refractivity contribution in [2.45, 2.75) is 20.3 Å². The van der Waals surface area contributed by atoms with Crippen LogP contribution < -0.4 is 15.6 Å². The number of rotatable bonds is 6. The van der Waals surface area contributed by atoms with Crippen LogP contribution in [0.15, 0.2) is 29.5 Å². The van der Waals surface area contributed by atoms with E-state index in [1.807, 2.05) is 4.72 Å². The number of nitrogens with one attached hydrogen (secondary N) is 2. The molecule has 0 bridgehead atoms. The molecule has 2 heterocycles. The van der Waals surface area contributed by atoms with Crippen LogP contribution in [0.4, 0.5) is 26.0 Å². The minimum Gasteiger partial charge on any atom is -0.350 e. The average molecular weight is 423 g/mol. The first-order chi connectivity index (χ1) is 13.6. The summed E-state index contributed by atoms with van der Waals surface area (Å²) in [6.07, 6.45) is 2.42. The molecule has 2 aromatic heterocycles. The van der Waals surface area contributed by atoms with Crippen LogP contribution in [0.1, 0.15) is 18.9 Å². The van der Waals surface area contributed by atoms with E-state index in [1.165, 1.54) is 17.0 Å². The summed E-state index contributed by atoms with van der Waals surface area (Å²) in [6.45, 7) is 3.28. The molecule has 8 nitrogen and oxygen atoms in total. The Morgan fingerprint density at radius 1 is 1.21 bits per heavy atom. The van der Waals surface area contributed by atoms with Gasteiger partial charge in [0, 0.05) is 12.7 Å². The first-order valence-corrected chi connectivity index (χ1v) is 10.4. The van der Waals surface area contributed by atoms with Gasteiger partial charge in [-0.05, 0) is 31.0 Å². The van der Waals surface area contributed by atoms with Gasteiger partial charge in [-0.25, -0.2) is 27.2 Å². The quantitative estimate of drug-likeness (QED) is 0.632. The Morgan fingerprint density at radius 2 is 1.93 bits per heavy atom. The summed E-state index contributed by atoms with van der Waals surface area (Å²) in [4.78, 5) is 20.1. The second-order valence-electron chi connectivity index (χ2n) is 6.48. The molecule has 0 aliphatic rings. The summed E-state index contributed by atoms with van der Waals surface area (Å²) >= 11 is 0. The molecule has 0 aliphatic carbocycles. The van der Waals surface area contributed by atoms with Crippen molar-refractivity contribution in [1.29, 1.82) is 0 Å². The molecule has 0 unspecified atom stereocenters. The summed E-state index contributed by atoms with van der Waals surface area (Å²) < 4.78 is 56.2. The Labute approximate surface area is 165 Å². The van der Waals surface area contributed by atoms with E-state index in [4.69, 9.17) is 0 Å². The van der Waals surface area contributed by atoms with E-state index in [-0.39, 0.29) is 17.0 Å². The normalized spacial score (nSPS) is 11.6. The van der Waals surface area contributed by atoms with Gasteiger partial charge in [0.25, 0.3) is 5.56 Å². The minimum atomic E-state index is -3.81. The predicted octanol–water partition coefficient (Wildman–Crippen LogP) is 2.81. The van der Waals surface area contributed by atoms with Gasteiger partial charge in [-0.2, -0.15) is 0 Å². The van der Waals surface area contributed by atoms with E-state index in [1.54, 1.807) is 27.0 Å². The minimum absolute atomic E-state index is 0.228. The van der Waals surface area contributed by atoms with Gasteiger partial charge in [-0.15, -0.1) is 0 Å². The lowest BCUT2D eigenvalue weighted by atomic mass is 10.1. The molecule has 0 radical (unpaired) electrons. The number of nitrogens with zero attached hydrogens (tertiary/aromatic N) is 3. The Bertz CT molecular complexity index is 1260. The van der Waals surface area contributed by atoms with E-state index in [0.717, 1.165) is 0 Å². The molecule has 3 aromatic rings. The van der Waals surface area contributed by atoms with Crippen molar-refractivity contribution in [1.82, 2.24) is 14.5 Å². The van der Waals surface area contributed by atoms with E-state index in [9.17, 15) is 22.0 Å². The van der Waals surface area contributed by atoms with Gasteiger partial charge in [0.15, 0.2) is 17.5 Å². The number of hydrogen-bond acceptors (Lipinski definition) is 6. The zero-order valence-electron chi connectivity index (χ0n) is 16.0. The van der Waals surface area contributed by atoms with Crippen molar-refractivity contribution in [2.24, 2.45) is 7.05 Å². The van der Waals surface area contributed by atoms with Crippen LogP contribution in [0.3, 0.4) is 0 Å². The molecule has 0 spiro atoms. The monoisotopic (exact) mass is 423 g/mol. The van der Waals surface area contributed by atoms with Gasteiger partial charge < -0.3 is 9.88 Å². The molecule has 3 rings (SSSR count). The fourth-order valence-electron chi connectivity index (χ4n) is 2.84. The maximum absolute atomic E-state index is 14.8. The Kier molecular flexibility index (Phi) is 5.51.